The molecule has 1 unspecified atom stereocenters. The fraction of sp³-hybridized carbons (Fsp3) is 0.333. The van der Waals surface area contributed by atoms with Crippen LogP contribution in [-0.2, 0) is 0 Å². The number of benzene rings is 1. The number of H-pyrrole nitrogens is 1. The van der Waals surface area contributed by atoms with Crippen LogP contribution in [0.4, 0.5) is 9.18 Å². The van der Waals surface area contributed by atoms with Crippen LogP contribution in [0.1, 0.15) is 42.9 Å². The second-order valence-electron chi connectivity index (χ2n) is 7.15. The molecule has 0 radical (unpaired) electrons. The first-order valence-corrected chi connectivity index (χ1v) is 9.33. The quantitative estimate of drug-likeness (QED) is 0.724. The Labute approximate surface area is 157 Å². The van der Waals surface area contributed by atoms with E-state index < -0.39 is 0 Å². The second kappa shape index (κ2) is 7.39. The first-order chi connectivity index (χ1) is 13.1. The van der Waals surface area contributed by atoms with E-state index in [1.54, 1.807) is 24.5 Å². The number of nitrogens with one attached hydrogen (secondary N) is 2. The van der Waals surface area contributed by atoms with Gasteiger partial charge in [0, 0.05) is 42.6 Å². The molecule has 1 atom stereocenters. The van der Waals surface area contributed by atoms with Crippen molar-refractivity contribution < 1.29 is 9.18 Å². The van der Waals surface area contributed by atoms with Crippen LogP contribution in [0.2, 0.25) is 0 Å². The molecule has 2 amide bonds. The van der Waals surface area contributed by atoms with Crippen molar-refractivity contribution in [3.63, 3.8) is 0 Å². The van der Waals surface area contributed by atoms with E-state index in [1.807, 2.05) is 30.2 Å². The number of likely N-dealkylation sites (tertiary alicyclic amines) is 1. The molecule has 1 aromatic carbocycles. The lowest BCUT2D eigenvalue weighted by Gasteiger charge is -2.33. The van der Waals surface area contributed by atoms with Crippen molar-refractivity contribution in [3.8, 4) is 0 Å². The zero-order valence-corrected chi connectivity index (χ0v) is 15.3. The van der Waals surface area contributed by atoms with Crippen molar-refractivity contribution in [2.24, 2.45) is 0 Å². The Balaban J connectivity index is 1.38. The summed E-state index contributed by atoms with van der Waals surface area (Å²) in [6.07, 6.45) is 7.22. The molecule has 1 fully saturated rings. The van der Waals surface area contributed by atoms with Gasteiger partial charge >= 0.3 is 6.03 Å². The maximum Gasteiger partial charge on any atom is 0.317 e. The van der Waals surface area contributed by atoms with Gasteiger partial charge in [-0.15, -0.1) is 0 Å². The fourth-order valence-corrected chi connectivity index (χ4v) is 3.84. The van der Waals surface area contributed by atoms with E-state index in [0.717, 1.165) is 34.9 Å². The minimum absolute atomic E-state index is 0.0465. The van der Waals surface area contributed by atoms with Crippen LogP contribution in [0.3, 0.4) is 0 Å². The van der Waals surface area contributed by atoms with E-state index in [2.05, 4.69) is 15.3 Å². The van der Waals surface area contributed by atoms with Crippen LogP contribution < -0.4 is 5.32 Å². The number of nitrogens with zero attached hydrogens (tertiary/aromatic N) is 2. The molecular formula is C21H23FN4O. The molecule has 4 rings (SSSR count). The Bertz CT molecular complexity index is 932. The summed E-state index contributed by atoms with van der Waals surface area (Å²) in [6, 6.07) is 8.54. The average molecular weight is 366 g/mol. The summed E-state index contributed by atoms with van der Waals surface area (Å²) >= 11 is 0. The maximum atomic E-state index is 13.6. The molecule has 0 aliphatic carbocycles. The van der Waals surface area contributed by atoms with Crippen molar-refractivity contribution in [1.82, 2.24) is 20.2 Å². The molecule has 3 heterocycles. The van der Waals surface area contributed by atoms with Gasteiger partial charge in [-0.2, -0.15) is 0 Å². The number of urea groups is 1. The number of hydrogen-bond acceptors (Lipinski definition) is 2. The molecular weight excluding hydrogens is 343 g/mol. The van der Waals surface area contributed by atoms with Crippen molar-refractivity contribution in [2.45, 2.75) is 31.7 Å². The largest absolute Gasteiger partial charge is 0.361 e. The summed E-state index contributed by atoms with van der Waals surface area (Å²) in [4.78, 5) is 21.8. The van der Waals surface area contributed by atoms with Gasteiger partial charge in [0.05, 0.1) is 6.04 Å². The van der Waals surface area contributed by atoms with Crippen LogP contribution in [0, 0.1) is 5.82 Å². The van der Waals surface area contributed by atoms with E-state index in [4.69, 9.17) is 0 Å². The van der Waals surface area contributed by atoms with Crippen LogP contribution in [0.5, 0.6) is 0 Å². The highest BCUT2D eigenvalue weighted by molar-refractivity contribution is 5.84. The average Bonchev–Trinajstić information content (AvgIpc) is 3.11. The summed E-state index contributed by atoms with van der Waals surface area (Å²) in [5.41, 5.74) is 3.09. The van der Waals surface area contributed by atoms with Gasteiger partial charge in [-0.1, -0.05) is 6.07 Å². The number of hydrogen-bond donors (Lipinski definition) is 2. The number of amides is 2. The summed E-state index contributed by atoms with van der Waals surface area (Å²) in [6.45, 7) is 3.35. The van der Waals surface area contributed by atoms with E-state index in [-0.39, 0.29) is 17.9 Å². The molecule has 1 aliphatic heterocycles. The standard InChI is InChI=1S/C21H23FN4O/c1-14(16-3-2-8-23-12-16)25-21(27)26-9-6-15(7-10-26)19-13-24-20-5-4-17(22)11-18(19)20/h2-5,8,11-15,24H,6-7,9-10H2,1H3,(H,25,27). The molecule has 0 saturated carbocycles. The third-order valence-electron chi connectivity index (χ3n) is 5.42. The highest BCUT2D eigenvalue weighted by Gasteiger charge is 2.26. The van der Waals surface area contributed by atoms with E-state index >= 15 is 0 Å². The van der Waals surface area contributed by atoms with Gasteiger partial charge in [0.2, 0.25) is 0 Å². The maximum absolute atomic E-state index is 13.6. The van der Waals surface area contributed by atoms with E-state index in [0.29, 0.717) is 19.0 Å². The molecule has 27 heavy (non-hydrogen) atoms. The van der Waals surface area contributed by atoms with Crippen LogP contribution in [-0.4, -0.2) is 34.0 Å². The van der Waals surface area contributed by atoms with Crippen LogP contribution in [0.25, 0.3) is 10.9 Å². The van der Waals surface area contributed by atoms with Gasteiger partial charge in [-0.05, 0) is 61.1 Å². The number of halogens is 1. The number of carbonyl (C=O) groups excluding carboxylic acids is 1. The first kappa shape index (κ1) is 17.5. The molecule has 1 aliphatic rings. The summed E-state index contributed by atoms with van der Waals surface area (Å²) in [5.74, 6) is 0.116. The van der Waals surface area contributed by atoms with Gasteiger partial charge in [0.15, 0.2) is 0 Å². The lowest BCUT2D eigenvalue weighted by molar-refractivity contribution is 0.178. The van der Waals surface area contributed by atoms with Gasteiger partial charge in [-0.25, -0.2) is 9.18 Å². The SMILES string of the molecule is CC(NC(=O)N1CCC(c2c[nH]c3ccc(F)cc23)CC1)c1cccnc1. The van der Waals surface area contributed by atoms with Crippen LogP contribution in [0.15, 0.2) is 48.9 Å². The van der Waals surface area contributed by atoms with Crippen molar-refractivity contribution in [3.05, 3.63) is 65.9 Å². The zero-order chi connectivity index (χ0) is 18.8. The Morgan fingerprint density at radius 2 is 2.15 bits per heavy atom. The predicted octanol–water partition coefficient (Wildman–Crippen LogP) is 4.35. The molecule has 0 spiro atoms. The third kappa shape index (κ3) is 3.65. The van der Waals surface area contributed by atoms with Gasteiger partial charge in [0.25, 0.3) is 0 Å². The fourth-order valence-electron chi connectivity index (χ4n) is 3.84. The number of piperidine rings is 1. The van der Waals surface area contributed by atoms with Gasteiger partial charge in [-0.3, -0.25) is 4.98 Å². The molecule has 3 aromatic rings. The molecule has 140 valence electrons. The number of aromatic nitrogens is 2. The van der Waals surface area contributed by atoms with Crippen molar-refractivity contribution >= 4 is 16.9 Å². The normalized spacial score (nSPS) is 16.4. The van der Waals surface area contributed by atoms with E-state index in [9.17, 15) is 9.18 Å². The summed E-state index contributed by atoms with van der Waals surface area (Å²) in [5, 5.41) is 3.99. The number of aromatic amines is 1. The smallest absolute Gasteiger partial charge is 0.317 e. The second-order valence-corrected chi connectivity index (χ2v) is 7.15. The Kier molecular flexibility index (Phi) is 4.79. The highest BCUT2D eigenvalue weighted by atomic mass is 19.1. The molecule has 2 N–H and O–H groups in total. The molecule has 6 heteroatoms. The van der Waals surface area contributed by atoms with Crippen molar-refractivity contribution in [2.75, 3.05) is 13.1 Å². The molecule has 1 saturated heterocycles. The minimum Gasteiger partial charge on any atom is -0.361 e. The number of rotatable bonds is 3. The number of pyridine rings is 1. The summed E-state index contributed by atoms with van der Waals surface area (Å²) in [7, 11) is 0. The number of fused-ring (bicyclic) bond motifs is 1. The lowest BCUT2D eigenvalue weighted by atomic mass is 9.89. The van der Waals surface area contributed by atoms with E-state index in [1.165, 1.54) is 6.07 Å². The monoisotopic (exact) mass is 366 g/mol. The van der Waals surface area contributed by atoms with Gasteiger partial charge in [0.1, 0.15) is 5.82 Å². The lowest BCUT2D eigenvalue weighted by Crippen LogP contribution is -2.44. The topological polar surface area (TPSA) is 61.0 Å². The minimum atomic E-state index is -0.218. The number of carbonyl (C=O) groups is 1. The summed E-state index contributed by atoms with van der Waals surface area (Å²) < 4.78 is 13.6. The van der Waals surface area contributed by atoms with Crippen molar-refractivity contribution in [1.29, 1.82) is 0 Å². The molecule has 0 bridgehead atoms. The van der Waals surface area contributed by atoms with Crippen LogP contribution >= 0.6 is 0 Å². The Morgan fingerprint density at radius 1 is 1.33 bits per heavy atom. The third-order valence-corrected chi connectivity index (χ3v) is 5.42. The first-order valence-electron chi connectivity index (χ1n) is 9.33. The zero-order valence-electron chi connectivity index (χ0n) is 15.3. The Morgan fingerprint density at radius 3 is 2.89 bits per heavy atom. The Hall–Kier alpha value is -2.89. The highest BCUT2D eigenvalue weighted by Crippen LogP contribution is 2.33. The molecule has 5 nitrogen and oxygen atoms in total. The van der Waals surface area contributed by atoms with Gasteiger partial charge < -0.3 is 15.2 Å². The molecule has 2 aromatic heterocycles. The predicted molar refractivity (Wildman–Crippen MR) is 103 cm³/mol.